The molecule has 0 bridgehead atoms. The van der Waals surface area contributed by atoms with Crippen LogP contribution < -0.4 is 0 Å². The molecule has 1 aromatic carbocycles. The van der Waals surface area contributed by atoms with Crippen molar-refractivity contribution in [3.8, 4) is 0 Å². The molecule has 6 nitrogen and oxygen atoms in total. The van der Waals surface area contributed by atoms with Gasteiger partial charge in [-0.15, -0.1) is 0 Å². The number of carbonyl (C=O) groups is 4. The molecule has 0 radical (unpaired) electrons. The van der Waals surface area contributed by atoms with Gasteiger partial charge in [0.15, 0.2) is 0 Å². The molecule has 2 aliphatic heterocycles. The molecule has 0 spiro atoms. The van der Waals surface area contributed by atoms with Crippen LogP contribution in [0.2, 0.25) is 0 Å². The van der Waals surface area contributed by atoms with E-state index in [1.54, 1.807) is 24.3 Å². The lowest BCUT2D eigenvalue weighted by atomic mass is 9.57. The van der Waals surface area contributed by atoms with Gasteiger partial charge in [0, 0.05) is 5.41 Å². The standard InChI is InChI=1S/C17H13FO6/c1-17(9-6-10(19)23-14(9)20)8-5-3-2-4-7(8)11-12(13(17)18)16(22)24-15(11)21/h2-5,9,11-13H,6H2,1H3. The lowest BCUT2D eigenvalue weighted by Crippen LogP contribution is -2.52. The molecule has 1 aliphatic carbocycles. The third kappa shape index (κ3) is 1.69. The molecule has 0 aromatic heterocycles. The summed E-state index contributed by atoms with van der Waals surface area (Å²) in [6.07, 6.45) is -2.11. The third-order valence-corrected chi connectivity index (χ3v) is 5.44. The van der Waals surface area contributed by atoms with E-state index >= 15 is 4.39 Å². The second-order valence-electron chi connectivity index (χ2n) is 6.57. The van der Waals surface area contributed by atoms with Crippen molar-refractivity contribution >= 4 is 23.9 Å². The number of esters is 4. The third-order valence-electron chi connectivity index (χ3n) is 5.44. The predicted octanol–water partition coefficient (Wildman–Crippen LogP) is 1.17. The fraction of sp³-hybridized carbons (Fsp3) is 0.412. The molecule has 5 atom stereocenters. The van der Waals surface area contributed by atoms with E-state index < -0.39 is 53.2 Å². The Labute approximate surface area is 135 Å². The summed E-state index contributed by atoms with van der Waals surface area (Å²) in [6.45, 7) is 1.49. The molecule has 0 saturated carbocycles. The molecule has 4 rings (SSSR count). The molecule has 2 saturated heterocycles. The Kier molecular flexibility index (Phi) is 2.95. The Morgan fingerprint density at radius 1 is 1.04 bits per heavy atom. The number of cyclic esters (lactones) is 4. The molecule has 2 heterocycles. The molecule has 124 valence electrons. The number of alkyl halides is 1. The number of hydrogen-bond donors (Lipinski definition) is 0. The first kappa shape index (κ1) is 15.0. The first-order valence-corrected chi connectivity index (χ1v) is 7.59. The van der Waals surface area contributed by atoms with Gasteiger partial charge in [0.05, 0.1) is 18.3 Å². The molecule has 7 heteroatoms. The highest BCUT2D eigenvalue weighted by Crippen LogP contribution is 2.55. The van der Waals surface area contributed by atoms with Gasteiger partial charge in [-0.25, -0.2) is 4.39 Å². The summed E-state index contributed by atoms with van der Waals surface area (Å²) in [5.74, 6) is -6.64. The Morgan fingerprint density at radius 3 is 2.42 bits per heavy atom. The molecule has 2 fully saturated rings. The molecule has 3 aliphatic rings. The zero-order valence-corrected chi connectivity index (χ0v) is 12.7. The largest absolute Gasteiger partial charge is 0.393 e. The summed E-state index contributed by atoms with van der Waals surface area (Å²) in [5.41, 5.74) is -0.561. The monoisotopic (exact) mass is 332 g/mol. The van der Waals surface area contributed by atoms with Crippen LogP contribution in [0.5, 0.6) is 0 Å². The lowest BCUT2D eigenvalue weighted by Gasteiger charge is -2.44. The number of fused-ring (bicyclic) bond motifs is 3. The van der Waals surface area contributed by atoms with Crippen LogP contribution in [0.3, 0.4) is 0 Å². The van der Waals surface area contributed by atoms with E-state index in [1.807, 2.05) is 0 Å². The van der Waals surface area contributed by atoms with E-state index in [0.717, 1.165) is 0 Å². The summed E-state index contributed by atoms with van der Waals surface area (Å²) in [5, 5.41) is 0. The van der Waals surface area contributed by atoms with Gasteiger partial charge in [0.1, 0.15) is 12.1 Å². The van der Waals surface area contributed by atoms with E-state index in [1.165, 1.54) is 6.92 Å². The molecular formula is C17H13FO6. The second-order valence-corrected chi connectivity index (χ2v) is 6.57. The van der Waals surface area contributed by atoms with Gasteiger partial charge in [-0.1, -0.05) is 31.2 Å². The minimum absolute atomic E-state index is 0.259. The van der Waals surface area contributed by atoms with Crippen LogP contribution >= 0.6 is 0 Å². The number of benzene rings is 1. The lowest BCUT2D eigenvalue weighted by molar-refractivity contribution is -0.157. The summed E-state index contributed by atoms with van der Waals surface area (Å²) in [6, 6.07) is 6.57. The fourth-order valence-electron chi connectivity index (χ4n) is 4.21. The highest BCUT2D eigenvalue weighted by atomic mass is 19.1. The van der Waals surface area contributed by atoms with Crippen molar-refractivity contribution in [3.63, 3.8) is 0 Å². The Hall–Kier alpha value is -2.57. The maximum atomic E-state index is 15.5. The normalized spacial score (nSPS) is 37.8. The highest BCUT2D eigenvalue weighted by Gasteiger charge is 2.64. The fourth-order valence-corrected chi connectivity index (χ4v) is 4.21. The van der Waals surface area contributed by atoms with Crippen LogP contribution in [0.15, 0.2) is 24.3 Å². The van der Waals surface area contributed by atoms with Gasteiger partial charge >= 0.3 is 23.9 Å². The first-order chi connectivity index (χ1) is 11.4. The summed E-state index contributed by atoms with van der Waals surface area (Å²) >= 11 is 0. The molecular weight excluding hydrogens is 319 g/mol. The molecule has 1 aromatic rings. The number of ether oxygens (including phenoxy) is 2. The summed E-state index contributed by atoms with van der Waals surface area (Å²) in [4.78, 5) is 47.6. The van der Waals surface area contributed by atoms with Crippen LogP contribution in [0.25, 0.3) is 0 Å². The number of hydrogen-bond acceptors (Lipinski definition) is 6. The maximum absolute atomic E-state index is 15.5. The van der Waals surface area contributed by atoms with Gasteiger partial charge in [0.25, 0.3) is 0 Å². The van der Waals surface area contributed by atoms with E-state index in [-0.39, 0.29) is 6.42 Å². The van der Waals surface area contributed by atoms with Crippen LogP contribution in [0.1, 0.15) is 30.4 Å². The minimum atomic E-state index is -1.85. The van der Waals surface area contributed by atoms with E-state index in [4.69, 9.17) is 0 Å². The average molecular weight is 332 g/mol. The van der Waals surface area contributed by atoms with Crippen molar-refractivity contribution in [2.45, 2.75) is 30.8 Å². The van der Waals surface area contributed by atoms with E-state index in [2.05, 4.69) is 9.47 Å². The Bertz CT molecular complexity index is 802. The maximum Gasteiger partial charge on any atom is 0.322 e. The zero-order valence-electron chi connectivity index (χ0n) is 12.7. The van der Waals surface area contributed by atoms with Crippen LogP contribution in [0.4, 0.5) is 4.39 Å². The Morgan fingerprint density at radius 2 is 1.75 bits per heavy atom. The molecule has 0 N–H and O–H groups in total. The van der Waals surface area contributed by atoms with Gasteiger partial charge in [0.2, 0.25) is 0 Å². The molecule has 0 amide bonds. The van der Waals surface area contributed by atoms with Crippen molar-refractivity contribution in [2.24, 2.45) is 11.8 Å². The van der Waals surface area contributed by atoms with Crippen LogP contribution in [-0.2, 0) is 34.1 Å². The molecule has 24 heavy (non-hydrogen) atoms. The first-order valence-electron chi connectivity index (χ1n) is 7.59. The van der Waals surface area contributed by atoms with Crippen molar-refractivity contribution in [1.82, 2.24) is 0 Å². The van der Waals surface area contributed by atoms with E-state index in [0.29, 0.717) is 11.1 Å². The van der Waals surface area contributed by atoms with Crippen molar-refractivity contribution in [1.29, 1.82) is 0 Å². The topological polar surface area (TPSA) is 86.7 Å². The van der Waals surface area contributed by atoms with Crippen molar-refractivity contribution in [2.75, 3.05) is 0 Å². The highest BCUT2D eigenvalue weighted by molar-refractivity contribution is 6.02. The van der Waals surface area contributed by atoms with Crippen molar-refractivity contribution in [3.05, 3.63) is 35.4 Å². The second kappa shape index (κ2) is 4.72. The quantitative estimate of drug-likeness (QED) is 0.567. The van der Waals surface area contributed by atoms with Crippen LogP contribution in [0, 0.1) is 11.8 Å². The number of rotatable bonds is 1. The van der Waals surface area contributed by atoms with Gasteiger partial charge in [-0.3, -0.25) is 19.2 Å². The van der Waals surface area contributed by atoms with Crippen molar-refractivity contribution < 1.29 is 33.0 Å². The molecule has 5 unspecified atom stereocenters. The zero-order chi connectivity index (χ0) is 17.2. The smallest absolute Gasteiger partial charge is 0.322 e. The summed E-state index contributed by atoms with van der Waals surface area (Å²) < 4.78 is 24.7. The Balaban J connectivity index is 1.94. The van der Waals surface area contributed by atoms with Gasteiger partial charge in [-0.05, 0) is 11.1 Å². The average Bonchev–Trinajstić information content (AvgIpc) is 3.03. The SMILES string of the molecule is CC1(C2CC(=O)OC2=O)c2ccccc2C2C(=O)OC(=O)C2C1F. The number of carbonyl (C=O) groups excluding carboxylic acids is 4. The van der Waals surface area contributed by atoms with Gasteiger partial charge in [-0.2, -0.15) is 0 Å². The van der Waals surface area contributed by atoms with Crippen LogP contribution in [-0.4, -0.2) is 30.0 Å². The summed E-state index contributed by atoms with van der Waals surface area (Å²) in [7, 11) is 0. The minimum Gasteiger partial charge on any atom is -0.393 e. The van der Waals surface area contributed by atoms with Gasteiger partial charge < -0.3 is 9.47 Å². The number of halogens is 1. The predicted molar refractivity (Wildman–Crippen MR) is 75.2 cm³/mol. The van der Waals surface area contributed by atoms with E-state index in [9.17, 15) is 19.2 Å².